The minimum Gasteiger partial charge on any atom is -0.419 e. The maximum absolute atomic E-state index is 6.32. The average Bonchev–Trinajstić information content (AvgIpc) is 3.41. The molecule has 29 heavy (non-hydrogen) atoms. The molecule has 2 saturated heterocycles. The Bertz CT molecular complexity index is 962. The molecule has 7 heteroatoms. The van der Waals surface area contributed by atoms with Crippen molar-refractivity contribution in [3.8, 4) is 11.5 Å². The summed E-state index contributed by atoms with van der Waals surface area (Å²) in [4.78, 5) is 2.36. The number of hydrogen-bond acceptors (Lipinski definition) is 6. The number of piperidine rings is 1. The second-order valence-electron chi connectivity index (χ2n) is 7.38. The Balaban J connectivity index is 1.45. The van der Waals surface area contributed by atoms with E-state index in [0.717, 1.165) is 37.1 Å². The van der Waals surface area contributed by atoms with Crippen LogP contribution in [0.25, 0.3) is 11.5 Å². The zero-order valence-electron chi connectivity index (χ0n) is 16.0. The summed E-state index contributed by atoms with van der Waals surface area (Å²) in [6.07, 6.45) is 1.64. The van der Waals surface area contributed by atoms with Crippen molar-refractivity contribution in [1.29, 1.82) is 0 Å². The van der Waals surface area contributed by atoms with Gasteiger partial charge in [-0.3, -0.25) is 4.90 Å². The largest absolute Gasteiger partial charge is 0.419 e. The number of likely N-dealkylation sites (tertiary alicyclic amines) is 1. The van der Waals surface area contributed by atoms with Gasteiger partial charge in [-0.1, -0.05) is 54.1 Å². The first-order chi connectivity index (χ1) is 14.2. The molecule has 6 nitrogen and oxygen atoms in total. The van der Waals surface area contributed by atoms with Crippen LogP contribution < -0.4 is 0 Å². The Labute approximate surface area is 174 Å². The molecule has 1 unspecified atom stereocenters. The number of aromatic nitrogens is 2. The van der Waals surface area contributed by atoms with Gasteiger partial charge in [-0.2, -0.15) is 0 Å². The Morgan fingerprint density at radius 1 is 0.897 bits per heavy atom. The number of hydrogen-bond donors (Lipinski definition) is 0. The molecule has 0 radical (unpaired) electrons. The molecule has 150 valence electrons. The third kappa shape index (κ3) is 3.69. The molecule has 3 aromatic rings. The van der Waals surface area contributed by atoms with Gasteiger partial charge in [0.05, 0.1) is 23.8 Å². The Morgan fingerprint density at radius 3 is 2.31 bits per heavy atom. The molecule has 2 aliphatic heterocycles. The van der Waals surface area contributed by atoms with E-state index in [1.807, 2.05) is 42.5 Å². The summed E-state index contributed by atoms with van der Waals surface area (Å²) in [5.74, 6) is 0.577. The van der Waals surface area contributed by atoms with Crippen molar-refractivity contribution in [2.75, 3.05) is 26.3 Å². The Kier molecular flexibility index (Phi) is 5.09. The highest BCUT2D eigenvalue weighted by Crippen LogP contribution is 2.37. The summed E-state index contributed by atoms with van der Waals surface area (Å²) >= 11 is 6.32. The highest BCUT2D eigenvalue weighted by Gasteiger charge is 2.42. The van der Waals surface area contributed by atoms with Crippen molar-refractivity contribution in [3.63, 3.8) is 0 Å². The first-order valence-electron chi connectivity index (χ1n) is 9.89. The lowest BCUT2D eigenvalue weighted by Gasteiger charge is -2.40. The standard InChI is InChI=1S/C22H22ClN3O3/c23-18-9-5-4-8-17(18)20-24-25-21(29-20)19(16-6-2-1-3-7-16)26-12-10-22(11-13-26)27-14-15-28-22/h1-9,19H,10-15H2. The average molecular weight is 412 g/mol. The summed E-state index contributed by atoms with van der Waals surface area (Å²) in [7, 11) is 0. The molecule has 1 aromatic heterocycles. The molecule has 0 bridgehead atoms. The molecule has 2 aromatic carbocycles. The van der Waals surface area contributed by atoms with Crippen LogP contribution in [0.3, 0.4) is 0 Å². The highest BCUT2D eigenvalue weighted by atomic mass is 35.5. The fourth-order valence-corrected chi connectivity index (χ4v) is 4.36. The Morgan fingerprint density at radius 2 is 1.59 bits per heavy atom. The molecule has 2 aliphatic rings. The lowest BCUT2D eigenvalue weighted by molar-refractivity contribution is -0.187. The van der Waals surface area contributed by atoms with Crippen molar-refractivity contribution in [1.82, 2.24) is 15.1 Å². The fraction of sp³-hybridized carbons (Fsp3) is 0.364. The molecular weight excluding hydrogens is 390 g/mol. The summed E-state index contributed by atoms with van der Waals surface area (Å²) in [5, 5.41) is 9.27. The van der Waals surface area contributed by atoms with Gasteiger partial charge in [-0.15, -0.1) is 10.2 Å². The van der Waals surface area contributed by atoms with Crippen molar-refractivity contribution >= 4 is 11.6 Å². The molecule has 0 N–H and O–H groups in total. The third-order valence-corrected chi connectivity index (χ3v) is 5.96. The van der Waals surface area contributed by atoms with E-state index in [1.54, 1.807) is 0 Å². The van der Waals surface area contributed by atoms with Gasteiger partial charge in [0.25, 0.3) is 0 Å². The Hall–Kier alpha value is -2.25. The van der Waals surface area contributed by atoms with Gasteiger partial charge in [-0.05, 0) is 17.7 Å². The van der Waals surface area contributed by atoms with Gasteiger partial charge in [0.1, 0.15) is 6.04 Å². The molecule has 0 amide bonds. The van der Waals surface area contributed by atoms with Crippen LogP contribution >= 0.6 is 11.6 Å². The van der Waals surface area contributed by atoms with Crippen LogP contribution in [0, 0.1) is 0 Å². The van der Waals surface area contributed by atoms with E-state index in [2.05, 4.69) is 27.2 Å². The van der Waals surface area contributed by atoms with Crippen molar-refractivity contribution in [2.45, 2.75) is 24.7 Å². The summed E-state index contributed by atoms with van der Waals surface area (Å²) in [6, 6.07) is 17.6. The summed E-state index contributed by atoms with van der Waals surface area (Å²) in [6.45, 7) is 2.99. The van der Waals surface area contributed by atoms with Crippen LogP contribution in [0.2, 0.25) is 5.02 Å². The van der Waals surface area contributed by atoms with E-state index in [1.165, 1.54) is 0 Å². The van der Waals surface area contributed by atoms with Gasteiger partial charge >= 0.3 is 0 Å². The normalized spacial score (nSPS) is 20.2. The van der Waals surface area contributed by atoms with E-state index >= 15 is 0 Å². The number of rotatable bonds is 4. The molecule has 0 aliphatic carbocycles. The molecule has 3 heterocycles. The predicted octanol–water partition coefficient (Wildman–Crippen LogP) is 4.32. The predicted molar refractivity (Wildman–Crippen MR) is 108 cm³/mol. The molecule has 1 atom stereocenters. The van der Waals surface area contributed by atoms with Crippen LogP contribution in [-0.4, -0.2) is 47.2 Å². The topological polar surface area (TPSA) is 60.6 Å². The van der Waals surface area contributed by atoms with Crippen molar-refractivity contribution in [3.05, 3.63) is 71.1 Å². The SMILES string of the molecule is Clc1ccccc1-c1nnc(C(c2ccccc2)N2CCC3(CC2)OCCO3)o1. The van der Waals surface area contributed by atoms with Crippen molar-refractivity contribution in [2.24, 2.45) is 0 Å². The second kappa shape index (κ2) is 7.88. The van der Waals surface area contributed by atoms with Gasteiger partial charge in [-0.25, -0.2) is 0 Å². The van der Waals surface area contributed by atoms with Gasteiger partial charge in [0, 0.05) is 25.9 Å². The number of ether oxygens (including phenoxy) is 2. The summed E-state index contributed by atoms with van der Waals surface area (Å²) < 4.78 is 17.9. The van der Waals surface area contributed by atoms with Crippen LogP contribution in [0.15, 0.2) is 59.0 Å². The van der Waals surface area contributed by atoms with Crippen LogP contribution in [0.5, 0.6) is 0 Å². The minimum absolute atomic E-state index is 0.126. The van der Waals surface area contributed by atoms with Crippen LogP contribution in [0.4, 0.5) is 0 Å². The maximum atomic E-state index is 6.32. The van der Waals surface area contributed by atoms with E-state index < -0.39 is 5.79 Å². The lowest BCUT2D eigenvalue weighted by atomic mass is 9.98. The molecular formula is C22H22ClN3O3. The highest BCUT2D eigenvalue weighted by molar-refractivity contribution is 6.33. The lowest BCUT2D eigenvalue weighted by Crippen LogP contribution is -2.46. The van der Waals surface area contributed by atoms with Crippen LogP contribution in [-0.2, 0) is 9.47 Å². The summed E-state index contributed by atoms with van der Waals surface area (Å²) in [5.41, 5.74) is 1.86. The fourth-order valence-electron chi connectivity index (χ4n) is 4.14. The van der Waals surface area contributed by atoms with E-state index in [4.69, 9.17) is 25.5 Å². The zero-order chi connectivity index (χ0) is 19.7. The quantitative estimate of drug-likeness (QED) is 0.637. The van der Waals surface area contributed by atoms with Gasteiger partial charge in [0.15, 0.2) is 5.79 Å². The zero-order valence-corrected chi connectivity index (χ0v) is 16.7. The van der Waals surface area contributed by atoms with Gasteiger partial charge in [0.2, 0.25) is 11.8 Å². The number of halogens is 1. The molecule has 0 saturated carbocycles. The molecule has 5 rings (SSSR count). The van der Waals surface area contributed by atoms with Crippen LogP contribution in [0.1, 0.15) is 30.3 Å². The number of nitrogens with zero attached hydrogens (tertiary/aromatic N) is 3. The maximum Gasteiger partial charge on any atom is 0.249 e. The second-order valence-corrected chi connectivity index (χ2v) is 7.79. The van der Waals surface area contributed by atoms with Gasteiger partial charge < -0.3 is 13.9 Å². The van der Waals surface area contributed by atoms with Crippen molar-refractivity contribution < 1.29 is 13.9 Å². The monoisotopic (exact) mass is 411 g/mol. The number of benzene rings is 2. The van der Waals surface area contributed by atoms with E-state index in [9.17, 15) is 0 Å². The molecule has 1 spiro atoms. The minimum atomic E-state index is -0.421. The smallest absolute Gasteiger partial charge is 0.249 e. The molecule has 2 fully saturated rings. The third-order valence-electron chi connectivity index (χ3n) is 5.63. The first kappa shape index (κ1) is 18.8. The van der Waals surface area contributed by atoms with E-state index in [0.29, 0.717) is 30.0 Å². The van der Waals surface area contributed by atoms with E-state index in [-0.39, 0.29) is 6.04 Å². The first-order valence-corrected chi connectivity index (χ1v) is 10.3.